The Labute approximate surface area is 206 Å². The van der Waals surface area contributed by atoms with E-state index in [0.29, 0.717) is 17.4 Å². The second-order valence-corrected chi connectivity index (χ2v) is 11.8. The van der Waals surface area contributed by atoms with Crippen LogP contribution in [-0.4, -0.2) is 35.9 Å². The van der Waals surface area contributed by atoms with Crippen LogP contribution < -0.4 is 10.2 Å². The highest BCUT2D eigenvalue weighted by Crippen LogP contribution is 2.61. The minimum atomic E-state index is -4.90. The third kappa shape index (κ3) is 5.28. The average molecular weight is 530 g/mol. The molecule has 2 aromatic rings. The van der Waals surface area contributed by atoms with Crippen LogP contribution in [0.25, 0.3) is 0 Å². The maximum absolute atomic E-state index is 14.7. The molecule has 12 heteroatoms. The van der Waals surface area contributed by atoms with Crippen LogP contribution in [0.5, 0.6) is 0 Å². The van der Waals surface area contributed by atoms with Crippen molar-refractivity contribution in [1.29, 1.82) is 0 Å². The summed E-state index contributed by atoms with van der Waals surface area (Å²) in [5.74, 6) is 0. The van der Waals surface area contributed by atoms with Crippen LogP contribution in [0, 0.1) is 0 Å². The van der Waals surface area contributed by atoms with Gasteiger partial charge in [0.15, 0.2) is 10.4 Å². The molecule has 1 aliphatic heterocycles. The molecule has 0 radical (unpaired) electrons. The van der Waals surface area contributed by atoms with Gasteiger partial charge in [0.25, 0.3) is 0 Å². The summed E-state index contributed by atoms with van der Waals surface area (Å²) < 4.78 is 68.4. The molecule has 0 spiro atoms. The number of amides is 2. The van der Waals surface area contributed by atoms with Gasteiger partial charge in [0.05, 0.1) is 18.9 Å². The molecule has 2 amide bonds. The number of carbonyl (C=O) groups excluding carboxylic acids is 1. The van der Waals surface area contributed by atoms with Gasteiger partial charge in [0.1, 0.15) is 0 Å². The van der Waals surface area contributed by atoms with Gasteiger partial charge in [-0.1, -0.05) is 48.5 Å². The van der Waals surface area contributed by atoms with Crippen molar-refractivity contribution in [2.75, 3.05) is 18.1 Å². The SMILES string of the molecule is CCOP(=O)(OCC)C(C)(C)N=C1SC(c2ccccc2)(C(F)(F)F)NC(=O)N1c1ccccc1. The minimum absolute atomic E-state index is 0.0398. The molecule has 0 saturated carbocycles. The molecule has 1 atom stereocenters. The summed E-state index contributed by atoms with van der Waals surface area (Å²) in [6.45, 7) is 6.21. The Bertz CT molecular complexity index is 1110. The van der Waals surface area contributed by atoms with E-state index in [1.807, 2.05) is 0 Å². The molecular formula is C23H27F3N3O4PS. The number of nitrogens with one attached hydrogen (secondary N) is 1. The van der Waals surface area contributed by atoms with Gasteiger partial charge in [-0.15, -0.1) is 0 Å². The maximum atomic E-state index is 14.7. The largest absolute Gasteiger partial charge is 0.425 e. The monoisotopic (exact) mass is 529 g/mol. The second-order valence-electron chi connectivity index (χ2n) is 7.97. The minimum Gasteiger partial charge on any atom is -0.311 e. The molecule has 1 heterocycles. The molecule has 1 unspecified atom stereocenters. The number of carbonyl (C=O) groups is 1. The topological polar surface area (TPSA) is 80.2 Å². The highest BCUT2D eigenvalue weighted by molar-refractivity contribution is 8.15. The van der Waals surface area contributed by atoms with Gasteiger partial charge in [0.2, 0.25) is 4.87 Å². The number of benzene rings is 2. The number of amidine groups is 1. The van der Waals surface area contributed by atoms with Crippen LogP contribution in [0.15, 0.2) is 65.7 Å². The fourth-order valence-electron chi connectivity index (χ4n) is 3.46. The zero-order chi connectivity index (χ0) is 25.9. The Morgan fingerprint density at radius 1 is 1.00 bits per heavy atom. The first-order chi connectivity index (χ1) is 16.4. The van der Waals surface area contributed by atoms with Crippen LogP contribution in [-0.2, 0) is 18.5 Å². The van der Waals surface area contributed by atoms with Crippen LogP contribution in [0.4, 0.5) is 23.7 Å². The van der Waals surface area contributed by atoms with Crippen LogP contribution in [0.1, 0.15) is 33.3 Å². The third-order valence-electron chi connectivity index (χ3n) is 5.15. The van der Waals surface area contributed by atoms with Crippen molar-refractivity contribution in [3.63, 3.8) is 0 Å². The highest BCUT2D eigenvalue weighted by Gasteiger charge is 2.62. The van der Waals surface area contributed by atoms with E-state index < -0.39 is 30.0 Å². The van der Waals surface area contributed by atoms with Gasteiger partial charge in [-0.2, -0.15) is 13.2 Å². The summed E-state index contributed by atoms with van der Waals surface area (Å²) in [5.41, 5.74) is 0.111. The highest BCUT2D eigenvalue weighted by atomic mass is 32.2. The van der Waals surface area contributed by atoms with Crippen molar-refractivity contribution >= 4 is 36.2 Å². The lowest BCUT2D eigenvalue weighted by Gasteiger charge is -2.44. The summed E-state index contributed by atoms with van der Waals surface area (Å²) in [6.07, 6.45) is -4.90. The van der Waals surface area contributed by atoms with Crippen molar-refractivity contribution in [2.45, 2.75) is 44.0 Å². The fraction of sp³-hybridized carbons (Fsp3) is 0.391. The molecule has 0 aromatic heterocycles. The number of hydrogen-bond donors (Lipinski definition) is 1. The number of aliphatic imine (C=N–C) groups is 1. The van der Waals surface area contributed by atoms with E-state index in [1.165, 1.54) is 38.1 Å². The third-order valence-corrected chi connectivity index (χ3v) is 9.12. The van der Waals surface area contributed by atoms with Crippen molar-refractivity contribution < 1.29 is 31.6 Å². The van der Waals surface area contributed by atoms with E-state index in [-0.39, 0.29) is 23.9 Å². The lowest BCUT2D eigenvalue weighted by molar-refractivity contribution is -0.167. The van der Waals surface area contributed by atoms with Gasteiger partial charge in [-0.05, 0) is 57.2 Å². The molecule has 35 heavy (non-hydrogen) atoms. The summed E-state index contributed by atoms with van der Waals surface area (Å²) in [5, 5.41) is 0.241. The Hall–Kier alpha value is -2.33. The zero-order valence-corrected chi connectivity index (χ0v) is 21.4. The quantitative estimate of drug-likeness (QED) is 0.384. The molecule has 1 saturated heterocycles. The van der Waals surface area contributed by atoms with E-state index in [1.54, 1.807) is 50.2 Å². The zero-order valence-electron chi connectivity index (χ0n) is 19.7. The Morgan fingerprint density at radius 3 is 2.00 bits per heavy atom. The molecule has 3 rings (SSSR count). The van der Waals surface area contributed by atoms with Crippen molar-refractivity contribution in [3.8, 4) is 0 Å². The van der Waals surface area contributed by atoms with E-state index in [2.05, 4.69) is 10.3 Å². The number of alkyl halides is 3. The molecule has 0 aliphatic carbocycles. The van der Waals surface area contributed by atoms with Crippen LogP contribution in [0.2, 0.25) is 0 Å². The van der Waals surface area contributed by atoms with E-state index in [4.69, 9.17) is 9.05 Å². The van der Waals surface area contributed by atoms with Crippen LogP contribution in [0.3, 0.4) is 0 Å². The number of para-hydroxylation sites is 1. The molecule has 7 nitrogen and oxygen atoms in total. The first-order valence-corrected chi connectivity index (χ1v) is 13.2. The standard InChI is InChI=1S/C23H27F3N3O4PS/c1-5-32-34(31,33-6-2)21(3,4)28-20-29(18-15-11-8-12-16-18)19(30)27-22(35-20,23(24,25)26)17-13-9-7-10-14-17/h7-16H,5-6H2,1-4H3,(H,27,30). The first kappa shape index (κ1) is 27.3. The maximum Gasteiger partial charge on any atom is 0.425 e. The van der Waals surface area contributed by atoms with E-state index in [0.717, 1.165) is 4.90 Å². The predicted octanol–water partition coefficient (Wildman–Crippen LogP) is 6.72. The average Bonchev–Trinajstić information content (AvgIpc) is 2.79. The summed E-state index contributed by atoms with van der Waals surface area (Å²) in [7, 11) is -3.92. The number of nitrogens with zero attached hydrogens (tertiary/aromatic N) is 2. The normalized spacial score (nSPS) is 20.7. The molecule has 190 valence electrons. The second kappa shape index (κ2) is 10.3. The number of thioether (sulfide) groups is 1. The summed E-state index contributed by atoms with van der Waals surface area (Å²) in [4.78, 5) is 16.0. The molecule has 2 aromatic carbocycles. The molecule has 0 bridgehead atoms. The lowest BCUT2D eigenvalue weighted by atomic mass is 10.1. The van der Waals surface area contributed by atoms with E-state index >= 15 is 0 Å². The van der Waals surface area contributed by atoms with Gasteiger partial charge in [-0.3, -0.25) is 4.57 Å². The Morgan fingerprint density at radius 2 is 1.51 bits per heavy atom. The molecular weight excluding hydrogens is 502 g/mol. The molecule has 1 N–H and O–H groups in total. The van der Waals surface area contributed by atoms with Crippen molar-refractivity contribution in [1.82, 2.24) is 5.32 Å². The Kier molecular flexibility index (Phi) is 8.06. The van der Waals surface area contributed by atoms with Gasteiger partial charge < -0.3 is 14.4 Å². The number of urea groups is 1. The van der Waals surface area contributed by atoms with E-state index in [9.17, 15) is 22.5 Å². The lowest BCUT2D eigenvalue weighted by Crippen LogP contribution is -2.63. The number of rotatable bonds is 8. The van der Waals surface area contributed by atoms with Crippen LogP contribution >= 0.6 is 19.4 Å². The van der Waals surface area contributed by atoms with Crippen molar-refractivity contribution in [2.24, 2.45) is 4.99 Å². The van der Waals surface area contributed by atoms with Gasteiger partial charge in [0, 0.05) is 0 Å². The van der Waals surface area contributed by atoms with Gasteiger partial charge in [-0.25, -0.2) is 14.7 Å². The summed E-state index contributed by atoms with van der Waals surface area (Å²) in [6, 6.07) is 14.2. The van der Waals surface area contributed by atoms with Gasteiger partial charge >= 0.3 is 19.8 Å². The summed E-state index contributed by atoms with van der Waals surface area (Å²) >= 11 is 0.312. The Balaban J connectivity index is 2.25. The fourth-order valence-corrected chi connectivity index (χ4v) is 6.47. The predicted molar refractivity (Wildman–Crippen MR) is 132 cm³/mol. The molecule has 1 aliphatic rings. The number of hydrogen-bond acceptors (Lipinski definition) is 6. The molecule has 1 fully saturated rings. The smallest absolute Gasteiger partial charge is 0.311 e. The number of anilines is 1. The number of halogens is 3. The van der Waals surface area contributed by atoms with Crippen molar-refractivity contribution in [3.05, 3.63) is 66.2 Å². The first-order valence-electron chi connectivity index (χ1n) is 10.9.